The summed E-state index contributed by atoms with van der Waals surface area (Å²) in [6.07, 6.45) is 7.94. The van der Waals surface area contributed by atoms with Crippen LogP contribution in [0.2, 0.25) is 0 Å². The SMILES string of the molecule is CCCn1c(=O)c2[nH]c(C34CC5CC(C3)C(C5)C4)nc2n(CCCN2CCOCC2)c1=O. The average molecular weight is 442 g/mol. The Kier molecular flexibility index (Phi) is 5.06. The van der Waals surface area contributed by atoms with Crippen LogP contribution in [0.3, 0.4) is 0 Å². The van der Waals surface area contributed by atoms with E-state index in [-0.39, 0.29) is 16.7 Å². The van der Waals surface area contributed by atoms with Crippen molar-refractivity contribution in [3.8, 4) is 0 Å². The maximum atomic E-state index is 13.3. The molecule has 7 rings (SSSR count). The molecule has 4 bridgehead atoms. The number of nitrogens with one attached hydrogen (secondary N) is 1. The van der Waals surface area contributed by atoms with Crippen molar-refractivity contribution in [3.63, 3.8) is 0 Å². The van der Waals surface area contributed by atoms with E-state index in [9.17, 15) is 9.59 Å². The maximum Gasteiger partial charge on any atom is 0.332 e. The molecule has 4 aliphatic carbocycles. The van der Waals surface area contributed by atoms with Gasteiger partial charge in [-0.05, 0) is 62.7 Å². The van der Waals surface area contributed by atoms with Crippen molar-refractivity contribution in [1.82, 2.24) is 24.0 Å². The Labute approximate surface area is 188 Å². The number of ether oxygens (including phenoxy) is 1. The number of aromatic nitrogens is 4. The summed E-state index contributed by atoms with van der Waals surface area (Å²) in [5.74, 6) is 3.44. The highest BCUT2D eigenvalue weighted by Crippen LogP contribution is 2.64. The first-order chi connectivity index (χ1) is 15.6. The largest absolute Gasteiger partial charge is 0.379 e. The summed E-state index contributed by atoms with van der Waals surface area (Å²) in [6.45, 7) is 7.40. The quantitative estimate of drug-likeness (QED) is 0.711. The van der Waals surface area contributed by atoms with Gasteiger partial charge in [-0.25, -0.2) is 9.78 Å². The number of imidazole rings is 1. The molecule has 0 aromatic carbocycles. The summed E-state index contributed by atoms with van der Waals surface area (Å²) in [7, 11) is 0. The number of rotatable bonds is 7. The van der Waals surface area contributed by atoms with Crippen molar-refractivity contribution in [1.29, 1.82) is 0 Å². The molecule has 5 aliphatic rings. The number of morpholine rings is 1. The van der Waals surface area contributed by atoms with Gasteiger partial charge in [0.2, 0.25) is 0 Å². The first-order valence-electron chi connectivity index (χ1n) is 12.6. The molecule has 2 atom stereocenters. The van der Waals surface area contributed by atoms with Crippen LogP contribution in [0, 0.1) is 17.8 Å². The molecule has 2 aromatic heterocycles. The van der Waals surface area contributed by atoms with Gasteiger partial charge in [-0.15, -0.1) is 0 Å². The lowest BCUT2D eigenvalue weighted by Crippen LogP contribution is -2.41. The highest BCUT2D eigenvalue weighted by molar-refractivity contribution is 5.70. The molecule has 3 heterocycles. The van der Waals surface area contributed by atoms with Crippen LogP contribution in [0.1, 0.15) is 57.7 Å². The van der Waals surface area contributed by atoms with Crippen LogP contribution < -0.4 is 11.2 Å². The molecule has 5 fully saturated rings. The summed E-state index contributed by atoms with van der Waals surface area (Å²) >= 11 is 0. The number of hydrogen-bond acceptors (Lipinski definition) is 5. The fourth-order valence-corrected chi connectivity index (χ4v) is 7.42. The molecule has 1 aliphatic heterocycles. The number of H-pyrrole nitrogens is 1. The topological polar surface area (TPSA) is 85.2 Å². The minimum Gasteiger partial charge on any atom is -0.379 e. The van der Waals surface area contributed by atoms with Gasteiger partial charge in [-0.3, -0.25) is 18.8 Å². The molecule has 1 N–H and O–H groups in total. The molecule has 2 unspecified atom stereocenters. The molecule has 2 aromatic rings. The van der Waals surface area contributed by atoms with Crippen LogP contribution in [0.25, 0.3) is 11.2 Å². The monoisotopic (exact) mass is 441 g/mol. The summed E-state index contributed by atoms with van der Waals surface area (Å²) < 4.78 is 8.61. The van der Waals surface area contributed by atoms with Crippen LogP contribution in [-0.2, 0) is 23.2 Å². The average Bonchev–Trinajstić information content (AvgIpc) is 3.43. The predicted molar refractivity (Wildman–Crippen MR) is 122 cm³/mol. The summed E-state index contributed by atoms with van der Waals surface area (Å²) in [5, 5.41) is 0. The second-order valence-electron chi connectivity index (χ2n) is 10.7. The zero-order valence-electron chi connectivity index (χ0n) is 19.1. The Balaban J connectivity index is 1.36. The van der Waals surface area contributed by atoms with Gasteiger partial charge in [-0.2, -0.15) is 0 Å². The third-order valence-corrected chi connectivity index (χ3v) is 8.69. The molecule has 1 saturated heterocycles. The van der Waals surface area contributed by atoms with E-state index in [0.717, 1.165) is 69.3 Å². The van der Waals surface area contributed by atoms with E-state index in [1.165, 1.54) is 36.7 Å². The Morgan fingerprint density at radius 1 is 1.03 bits per heavy atom. The van der Waals surface area contributed by atoms with Gasteiger partial charge >= 0.3 is 5.69 Å². The summed E-state index contributed by atoms with van der Waals surface area (Å²) in [4.78, 5) is 37.4. The van der Waals surface area contributed by atoms with Crippen molar-refractivity contribution in [3.05, 3.63) is 26.7 Å². The molecule has 0 radical (unpaired) electrons. The van der Waals surface area contributed by atoms with Gasteiger partial charge in [0.1, 0.15) is 11.3 Å². The highest BCUT2D eigenvalue weighted by atomic mass is 16.5. The van der Waals surface area contributed by atoms with E-state index < -0.39 is 0 Å². The standard InChI is InChI=1S/C24H35N5O3/c1-2-4-29-21(30)19-20(28(23(29)31)6-3-5-27-7-9-32-10-8-27)26-22(25-19)24-13-16-11-17(14-24)18(12-16)15-24/h16-18H,2-15H2,1H3,(H,25,26). The molecule has 8 nitrogen and oxygen atoms in total. The van der Waals surface area contributed by atoms with E-state index in [2.05, 4.69) is 9.88 Å². The van der Waals surface area contributed by atoms with Crippen LogP contribution in [0.5, 0.6) is 0 Å². The predicted octanol–water partition coefficient (Wildman–Crippen LogP) is 2.10. The minimum atomic E-state index is -0.210. The van der Waals surface area contributed by atoms with Crippen LogP contribution in [0.4, 0.5) is 0 Å². The van der Waals surface area contributed by atoms with Gasteiger partial charge in [0.15, 0.2) is 5.65 Å². The Bertz CT molecular complexity index is 1110. The molecule has 4 saturated carbocycles. The fourth-order valence-electron chi connectivity index (χ4n) is 7.42. The van der Waals surface area contributed by atoms with Gasteiger partial charge in [0.05, 0.1) is 13.2 Å². The third-order valence-electron chi connectivity index (χ3n) is 8.69. The lowest BCUT2D eigenvalue weighted by atomic mass is 9.69. The van der Waals surface area contributed by atoms with E-state index >= 15 is 0 Å². The fraction of sp³-hybridized carbons (Fsp3) is 0.792. The number of hydrogen-bond donors (Lipinski definition) is 1. The molecule has 8 heteroatoms. The Morgan fingerprint density at radius 3 is 2.47 bits per heavy atom. The second kappa shape index (κ2) is 7.83. The van der Waals surface area contributed by atoms with E-state index in [1.807, 2.05) is 6.92 Å². The zero-order valence-corrected chi connectivity index (χ0v) is 19.1. The van der Waals surface area contributed by atoms with E-state index in [4.69, 9.17) is 9.72 Å². The first kappa shape index (κ1) is 20.7. The van der Waals surface area contributed by atoms with Gasteiger partial charge in [-0.1, -0.05) is 6.92 Å². The number of aromatic amines is 1. The van der Waals surface area contributed by atoms with Gasteiger partial charge in [0, 0.05) is 38.1 Å². The first-order valence-corrected chi connectivity index (χ1v) is 12.6. The maximum absolute atomic E-state index is 13.3. The number of aryl methyl sites for hydroxylation is 1. The Morgan fingerprint density at radius 2 is 1.78 bits per heavy atom. The normalized spacial score (nSPS) is 31.8. The Hall–Kier alpha value is -1.93. The highest BCUT2D eigenvalue weighted by Gasteiger charge is 2.57. The molecular formula is C24H35N5O3. The number of fused-ring (bicyclic) bond motifs is 1. The summed E-state index contributed by atoms with van der Waals surface area (Å²) in [6, 6.07) is 0. The van der Waals surface area contributed by atoms with Crippen molar-refractivity contribution < 1.29 is 4.74 Å². The van der Waals surface area contributed by atoms with Crippen LogP contribution in [0.15, 0.2) is 9.59 Å². The molecule has 174 valence electrons. The van der Waals surface area contributed by atoms with Crippen LogP contribution >= 0.6 is 0 Å². The second-order valence-corrected chi connectivity index (χ2v) is 10.7. The van der Waals surface area contributed by atoms with E-state index in [1.54, 1.807) is 4.57 Å². The molecular weight excluding hydrogens is 406 g/mol. The summed E-state index contributed by atoms with van der Waals surface area (Å²) in [5.41, 5.74) is 0.768. The molecule has 0 spiro atoms. The van der Waals surface area contributed by atoms with Crippen molar-refractivity contribution in [2.24, 2.45) is 17.8 Å². The van der Waals surface area contributed by atoms with Crippen molar-refractivity contribution in [2.75, 3.05) is 32.8 Å². The van der Waals surface area contributed by atoms with Crippen LogP contribution in [-0.4, -0.2) is 56.9 Å². The number of nitrogens with zero attached hydrogens (tertiary/aromatic N) is 4. The lowest BCUT2D eigenvalue weighted by molar-refractivity contribution is 0.0369. The zero-order chi connectivity index (χ0) is 21.9. The van der Waals surface area contributed by atoms with Crippen molar-refractivity contribution >= 4 is 11.2 Å². The minimum absolute atomic E-state index is 0.0895. The van der Waals surface area contributed by atoms with Gasteiger partial charge in [0.25, 0.3) is 5.56 Å². The van der Waals surface area contributed by atoms with Crippen molar-refractivity contribution in [2.45, 2.75) is 70.4 Å². The van der Waals surface area contributed by atoms with Gasteiger partial charge < -0.3 is 9.72 Å². The molecule has 32 heavy (non-hydrogen) atoms. The van der Waals surface area contributed by atoms with E-state index in [0.29, 0.717) is 24.3 Å². The third kappa shape index (κ3) is 3.21. The smallest absolute Gasteiger partial charge is 0.332 e. The molecule has 0 amide bonds. The lowest BCUT2D eigenvalue weighted by Gasteiger charge is -2.36.